The quantitative estimate of drug-likeness (QED) is 0.569. The Morgan fingerprint density at radius 2 is 2.18 bits per heavy atom. The van der Waals surface area contributed by atoms with Crippen LogP contribution in [0.3, 0.4) is 0 Å². The highest BCUT2D eigenvalue weighted by molar-refractivity contribution is 5.77. The molecule has 0 unspecified atom stereocenters. The lowest BCUT2D eigenvalue weighted by Crippen LogP contribution is -2.30. The molecule has 1 aliphatic rings. The monoisotopic (exact) mass is 161 g/mol. The SMILES string of the molecule is [2H]C1([2H])CCC([2H])([2H])C1C(=O)N(C)OC. The van der Waals surface area contributed by atoms with Gasteiger partial charge in [0.25, 0.3) is 0 Å². The van der Waals surface area contributed by atoms with E-state index in [-0.39, 0.29) is 12.8 Å². The zero-order valence-electron chi connectivity index (χ0n) is 10.8. The first-order valence-corrected chi connectivity index (χ1v) is 3.54. The van der Waals surface area contributed by atoms with Crippen LogP contribution in [0, 0.1) is 5.92 Å². The van der Waals surface area contributed by atoms with E-state index in [2.05, 4.69) is 4.84 Å². The Hall–Kier alpha value is -0.570. The molecule has 0 aliphatic heterocycles. The van der Waals surface area contributed by atoms with E-state index in [1.165, 1.54) is 14.2 Å². The largest absolute Gasteiger partial charge is 0.275 e. The van der Waals surface area contributed by atoms with E-state index >= 15 is 0 Å². The van der Waals surface area contributed by atoms with Crippen LogP contribution in [0.25, 0.3) is 0 Å². The molecule has 1 aliphatic carbocycles. The lowest BCUT2D eigenvalue weighted by atomic mass is 10.1. The lowest BCUT2D eigenvalue weighted by molar-refractivity contribution is -0.173. The molecular formula is C8H15NO2. The van der Waals surface area contributed by atoms with Crippen LogP contribution in [-0.2, 0) is 9.63 Å². The first-order valence-electron chi connectivity index (χ1n) is 5.54. The van der Waals surface area contributed by atoms with Crippen molar-refractivity contribution in [3.05, 3.63) is 0 Å². The number of carbonyl (C=O) groups excluding carboxylic acids is 1. The van der Waals surface area contributed by atoms with Gasteiger partial charge in [-0.3, -0.25) is 9.63 Å². The zero-order chi connectivity index (χ0) is 11.9. The minimum atomic E-state index is -1.80. The summed E-state index contributed by atoms with van der Waals surface area (Å²) >= 11 is 0. The van der Waals surface area contributed by atoms with E-state index < -0.39 is 24.6 Å². The molecule has 0 saturated heterocycles. The van der Waals surface area contributed by atoms with Gasteiger partial charge in [-0.2, -0.15) is 0 Å². The first kappa shape index (κ1) is 4.45. The fraction of sp³-hybridized carbons (Fsp3) is 0.875. The van der Waals surface area contributed by atoms with Gasteiger partial charge in [-0.15, -0.1) is 0 Å². The molecule has 0 aromatic heterocycles. The Morgan fingerprint density at radius 3 is 2.64 bits per heavy atom. The van der Waals surface area contributed by atoms with Gasteiger partial charge >= 0.3 is 0 Å². The number of rotatable bonds is 2. The predicted molar refractivity (Wildman–Crippen MR) is 41.7 cm³/mol. The Balaban J connectivity index is 2.95. The molecule has 0 bridgehead atoms. The Bertz CT molecular complexity index is 253. The van der Waals surface area contributed by atoms with Gasteiger partial charge in [-0.1, -0.05) is 12.8 Å². The van der Waals surface area contributed by atoms with Gasteiger partial charge in [0.05, 0.1) is 7.11 Å². The van der Waals surface area contributed by atoms with E-state index in [0.29, 0.717) is 0 Å². The van der Waals surface area contributed by atoms with E-state index in [9.17, 15) is 4.79 Å². The third kappa shape index (κ3) is 1.93. The van der Waals surface area contributed by atoms with Gasteiger partial charge in [0, 0.05) is 18.4 Å². The van der Waals surface area contributed by atoms with Gasteiger partial charge in [-0.25, -0.2) is 5.06 Å². The van der Waals surface area contributed by atoms with E-state index in [1.807, 2.05) is 0 Å². The number of hydrogen-bond acceptors (Lipinski definition) is 2. The molecule has 0 N–H and O–H groups in total. The molecule has 3 nitrogen and oxygen atoms in total. The molecule has 0 spiro atoms. The van der Waals surface area contributed by atoms with Crippen molar-refractivity contribution in [2.75, 3.05) is 14.2 Å². The second-order valence-corrected chi connectivity index (χ2v) is 2.36. The standard InChI is InChI=1S/C8H15NO2/c1-9(11-2)8(10)7-5-3-4-6-7/h7H,3-6H2,1-2H3/i5D2,6D2. The second kappa shape index (κ2) is 3.72. The van der Waals surface area contributed by atoms with Gasteiger partial charge in [0.2, 0.25) is 5.91 Å². The minimum Gasteiger partial charge on any atom is -0.275 e. The van der Waals surface area contributed by atoms with Crippen molar-refractivity contribution in [3.8, 4) is 0 Å². The third-order valence-electron chi connectivity index (χ3n) is 1.65. The van der Waals surface area contributed by atoms with Gasteiger partial charge in [-0.05, 0) is 12.7 Å². The van der Waals surface area contributed by atoms with Crippen molar-refractivity contribution >= 4 is 5.91 Å². The molecule has 0 atom stereocenters. The summed E-state index contributed by atoms with van der Waals surface area (Å²) in [5, 5.41) is 0.881. The average molecular weight is 161 g/mol. The van der Waals surface area contributed by atoms with Crippen molar-refractivity contribution in [3.63, 3.8) is 0 Å². The summed E-state index contributed by atoms with van der Waals surface area (Å²) in [4.78, 5) is 16.4. The predicted octanol–water partition coefficient (Wildman–Crippen LogP) is 1.20. The zero-order valence-corrected chi connectivity index (χ0v) is 6.76. The molecule has 11 heavy (non-hydrogen) atoms. The van der Waals surface area contributed by atoms with Crippen LogP contribution in [-0.4, -0.2) is 25.1 Å². The topological polar surface area (TPSA) is 29.5 Å². The average Bonchev–Trinajstić information content (AvgIpc) is 2.34. The molecule has 1 amide bonds. The highest BCUT2D eigenvalue weighted by atomic mass is 16.7. The van der Waals surface area contributed by atoms with Crippen LogP contribution in [0.2, 0.25) is 0 Å². The number of nitrogens with zero attached hydrogens (tertiary/aromatic N) is 1. The molecule has 0 radical (unpaired) electrons. The smallest absolute Gasteiger partial charge is 0.248 e. The molecule has 1 fully saturated rings. The highest BCUT2D eigenvalue weighted by Gasteiger charge is 2.25. The maximum atomic E-state index is 11.7. The van der Waals surface area contributed by atoms with Gasteiger partial charge in [0.1, 0.15) is 0 Å². The number of carbonyl (C=O) groups is 1. The molecule has 3 heteroatoms. The van der Waals surface area contributed by atoms with Crippen molar-refractivity contribution in [1.29, 1.82) is 0 Å². The van der Waals surface area contributed by atoms with Crippen molar-refractivity contribution in [1.82, 2.24) is 5.06 Å². The van der Waals surface area contributed by atoms with Crippen molar-refractivity contribution < 1.29 is 15.1 Å². The van der Waals surface area contributed by atoms with Crippen LogP contribution in [0.15, 0.2) is 0 Å². The summed E-state index contributed by atoms with van der Waals surface area (Å²) in [6.45, 7) is 0. The van der Waals surface area contributed by atoms with E-state index in [1.54, 1.807) is 0 Å². The molecule has 64 valence electrons. The number of hydrogen-bond donors (Lipinski definition) is 0. The van der Waals surface area contributed by atoms with Crippen molar-refractivity contribution in [2.24, 2.45) is 5.92 Å². The number of hydroxylamine groups is 2. The summed E-state index contributed by atoms with van der Waals surface area (Å²) in [6.07, 6.45) is -3.47. The molecule has 0 aromatic carbocycles. The van der Waals surface area contributed by atoms with Crippen LogP contribution < -0.4 is 0 Å². The van der Waals surface area contributed by atoms with Crippen LogP contribution in [0.4, 0.5) is 0 Å². The summed E-state index contributed by atoms with van der Waals surface area (Å²) in [5.74, 6) is -1.93. The molecule has 0 aromatic rings. The summed E-state index contributed by atoms with van der Waals surface area (Å²) in [5.41, 5.74) is 0. The van der Waals surface area contributed by atoms with Crippen LogP contribution in [0.1, 0.15) is 31.1 Å². The Morgan fingerprint density at radius 1 is 1.64 bits per heavy atom. The van der Waals surface area contributed by atoms with Crippen LogP contribution >= 0.6 is 0 Å². The van der Waals surface area contributed by atoms with E-state index in [0.717, 1.165) is 5.06 Å². The summed E-state index contributed by atoms with van der Waals surface area (Å²) < 4.78 is 30.5. The highest BCUT2D eigenvalue weighted by Crippen LogP contribution is 2.25. The summed E-state index contributed by atoms with van der Waals surface area (Å²) in [6, 6.07) is 0. The van der Waals surface area contributed by atoms with Gasteiger partial charge < -0.3 is 0 Å². The second-order valence-electron chi connectivity index (χ2n) is 2.36. The van der Waals surface area contributed by atoms with Crippen LogP contribution in [0.5, 0.6) is 0 Å². The third-order valence-corrected chi connectivity index (χ3v) is 1.65. The molecular weight excluding hydrogens is 142 g/mol. The molecule has 1 saturated carbocycles. The fourth-order valence-corrected chi connectivity index (χ4v) is 0.952. The minimum absolute atomic E-state index is 0.0635. The Labute approximate surface area is 72.9 Å². The fourth-order valence-electron chi connectivity index (χ4n) is 0.952. The van der Waals surface area contributed by atoms with Crippen molar-refractivity contribution in [2.45, 2.75) is 25.6 Å². The molecule has 1 rings (SSSR count). The Kier molecular flexibility index (Phi) is 1.50. The first-order chi connectivity index (χ1) is 6.72. The lowest BCUT2D eigenvalue weighted by Gasteiger charge is -2.17. The van der Waals surface area contributed by atoms with Gasteiger partial charge in [0.15, 0.2) is 0 Å². The molecule has 0 heterocycles. The summed E-state index contributed by atoms with van der Waals surface area (Å²) in [7, 11) is 2.64. The van der Waals surface area contributed by atoms with E-state index in [4.69, 9.17) is 5.48 Å². The number of amides is 1. The normalized spacial score (nSPS) is 33.3. The maximum absolute atomic E-state index is 11.7. The maximum Gasteiger partial charge on any atom is 0.248 e.